The Morgan fingerprint density at radius 3 is 2.43 bits per heavy atom. The second kappa shape index (κ2) is 8.97. The summed E-state index contributed by atoms with van der Waals surface area (Å²) in [5.74, 6) is -1.96. The van der Waals surface area contributed by atoms with E-state index in [1.807, 2.05) is 13.8 Å². The van der Waals surface area contributed by atoms with Crippen molar-refractivity contribution >= 4 is 23.0 Å². The van der Waals surface area contributed by atoms with Crippen LogP contribution in [0.4, 0.5) is 0 Å². The quantitative estimate of drug-likeness (QED) is 0.662. The number of aryl methyl sites for hydroxylation is 3. The molecule has 0 saturated carbocycles. The van der Waals surface area contributed by atoms with E-state index in [1.165, 1.54) is 4.57 Å². The van der Waals surface area contributed by atoms with Gasteiger partial charge in [0.05, 0.1) is 29.7 Å². The van der Waals surface area contributed by atoms with Gasteiger partial charge in [-0.1, -0.05) is 13.8 Å². The number of hydrogen-bond donors (Lipinski definition) is 2. The highest BCUT2D eigenvalue weighted by Gasteiger charge is 2.18. The van der Waals surface area contributed by atoms with E-state index in [4.69, 9.17) is 4.74 Å². The Labute approximate surface area is 162 Å². The number of carbonyl (C=O) groups excluding carboxylic acids is 1. The Bertz CT molecular complexity index is 948. The standard InChI is InChI=1S/C20H26N2O6/c1-11(2)20(27)28-8-6-14(23)5-7-22-16-10-13(4)12(3)9-15(16)21-17(18(22)24)19(25)26/h9-11,14,23H,5-8H2,1-4H3,(H,25,26). The number of aromatic carboxylic acids is 1. The molecule has 28 heavy (non-hydrogen) atoms. The number of carboxylic acids is 1. The van der Waals surface area contributed by atoms with E-state index in [0.29, 0.717) is 11.0 Å². The lowest BCUT2D eigenvalue weighted by atomic mass is 10.1. The molecule has 0 aliphatic carbocycles. The summed E-state index contributed by atoms with van der Waals surface area (Å²) in [6.45, 7) is 7.44. The van der Waals surface area contributed by atoms with E-state index in [9.17, 15) is 24.6 Å². The summed E-state index contributed by atoms with van der Waals surface area (Å²) >= 11 is 0. The first kappa shape index (κ1) is 21.6. The third kappa shape index (κ3) is 4.95. The van der Waals surface area contributed by atoms with Gasteiger partial charge in [-0.05, 0) is 43.5 Å². The van der Waals surface area contributed by atoms with Crippen LogP contribution in [0.1, 0.15) is 48.3 Å². The minimum Gasteiger partial charge on any atom is -0.476 e. The number of benzene rings is 1. The smallest absolute Gasteiger partial charge is 0.360 e. The van der Waals surface area contributed by atoms with Gasteiger partial charge in [0.15, 0.2) is 0 Å². The van der Waals surface area contributed by atoms with E-state index in [0.717, 1.165) is 11.1 Å². The topological polar surface area (TPSA) is 119 Å². The maximum absolute atomic E-state index is 12.6. The SMILES string of the molecule is Cc1cc2nc(C(=O)O)c(=O)n(CCC(O)CCOC(=O)C(C)C)c2cc1C. The van der Waals surface area contributed by atoms with Crippen molar-refractivity contribution in [2.24, 2.45) is 5.92 Å². The first-order chi connectivity index (χ1) is 13.1. The van der Waals surface area contributed by atoms with Gasteiger partial charge in [-0.2, -0.15) is 0 Å². The molecule has 1 unspecified atom stereocenters. The van der Waals surface area contributed by atoms with Gasteiger partial charge >= 0.3 is 11.9 Å². The lowest BCUT2D eigenvalue weighted by Crippen LogP contribution is -2.30. The number of carboxylic acid groups (broad SMARTS) is 1. The van der Waals surface area contributed by atoms with Crippen molar-refractivity contribution in [1.82, 2.24) is 9.55 Å². The summed E-state index contributed by atoms with van der Waals surface area (Å²) in [4.78, 5) is 39.4. The van der Waals surface area contributed by atoms with Crippen LogP contribution in [-0.2, 0) is 16.1 Å². The fourth-order valence-corrected chi connectivity index (χ4v) is 2.74. The molecule has 2 N–H and O–H groups in total. The highest BCUT2D eigenvalue weighted by Crippen LogP contribution is 2.18. The Hall–Kier alpha value is -2.74. The van der Waals surface area contributed by atoms with Crippen molar-refractivity contribution in [3.63, 3.8) is 0 Å². The average Bonchev–Trinajstić information content (AvgIpc) is 2.61. The van der Waals surface area contributed by atoms with Crippen LogP contribution >= 0.6 is 0 Å². The highest BCUT2D eigenvalue weighted by atomic mass is 16.5. The molecule has 0 aliphatic heterocycles. The van der Waals surface area contributed by atoms with Crippen LogP contribution < -0.4 is 5.56 Å². The van der Waals surface area contributed by atoms with E-state index >= 15 is 0 Å². The number of carbonyl (C=O) groups is 2. The Morgan fingerprint density at radius 1 is 1.18 bits per heavy atom. The Morgan fingerprint density at radius 2 is 1.82 bits per heavy atom. The zero-order valence-corrected chi connectivity index (χ0v) is 16.6. The Balaban J connectivity index is 2.22. The zero-order valence-electron chi connectivity index (χ0n) is 16.6. The number of hydrogen-bond acceptors (Lipinski definition) is 6. The largest absolute Gasteiger partial charge is 0.476 e. The molecule has 0 amide bonds. The fraction of sp³-hybridized carbons (Fsp3) is 0.500. The number of esters is 1. The fourth-order valence-electron chi connectivity index (χ4n) is 2.74. The average molecular weight is 390 g/mol. The normalized spacial score (nSPS) is 12.4. The molecule has 8 nitrogen and oxygen atoms in total. The third-order valence-corrected chi connectivity index (χ3v) is 4.62. The minimum absolute atomic E-state index is 0.0862. The molecule has 2 rings (SSSR count). The molecule has 0 fully saturated rings. The molecule has 0 aliphatic rings. The lowest BCUT2D eigenvalue weighted by molar-refractivity contribution is -0.147. The lowest BCUT2D eigenvalue weighted by Gasteiger charge is -2.15. The monoisotopic (exact) mass is 390 g/mol. The number of aliphatic hydroxyl groups is 1. The first-order valence-electron chi connectivity index (χ1n) is 9.21. The number of aromatic nitrogens is 2. The molecule has 1 aromatic carbocycles. The summed E-state index contributed by atoms with van der Waals surface area (Å²) in [5.41, 5.74) is 1.58. The van der Waals surface area contributed by atoms with Crippen LogP contribution in [0.5, 0.6) is 0 Å². The molecule has 1 atom stereocenters. The molecule has 0 spiro atoms. The molecule has 0 radical (unpaired) electrons. The van der Waals surface area contributed by atoms with Crippen molar-refractivity contribution in [3.05, 3.63) is 39.3 Å². The van der Waals surface area contributed by atoms with Gasteiger partial charge in [-0.3, -0.25) is 9.59 Å². The molecule has 2 aromatic rings. The highest BCUT2D eigenvalue weighted by molar-refractivity contribution is 5.88. The van der Waals surface area contributed by atoms with Gasteiger partial charge in [0.2, 0.25) is 5.69 Å². The number of aliphatic hydroxyl groups excluding tert-OH is 1. The molecule has 152 valence electrons. The van der Waals surface area contributed by atoms with Gasteiger partial charge in [0.25, 0.3) is 5.56 Å². The van der Waals surface area contributed by atoms with Crippen LogP contribution in [0.2, 0.25) is 0 Å². The van der Waals surface area contributed by atoms with Gasteiger partial charge in [0, 0.05) is 13.0 Å². The summed E-state index contributed by atoms with van der Waals surface area (Å²) in [6, 6.07) is 3.54. The summed E-state index contributed by atoms with van der Waals surface area (Å²) in [7, 11) is 0. The van der Waals surface area contributed by atoms with E-state index in [2.05, 4.69) is 4.98 Å². The van der Waals surface area contributed by atoms with Gasteiger partial charge in [0.1, 0.15) is 0 Å². The van der Waals surface area contributed by atoms with Gasteiger partial charge < -0.3 is 19.5 Å². The van der Waals surface area contributed by atoms with Gasteiger partial charge in [-0.15, -0.1) is 0 Å². The number of ether oxygens (including phenoxy) is 1. The van der Waals surface area contributed by atoms with Crippen molar-refractivity contribution in [2.75, 3.05) is 6.61 Å². The molecular weight excluding hydrogens is 364 g/mol. The van der Waals surface area contributed by atoms with E-state index < -0.39 is 23.3 Å². The predicted octanol–water partition coefficient (Wildman–Crippen LogP) is 2.05. The number of nitrogens with zero attached hydrogens (tertiary/aromatic N) is 2. The molecule has 1 heterocycles. The van der Waals surface area contributed by atoms with Crippen molar-refractivity contribution in [2.45, 2.75) is 53.2 Å². The van der Waals surface area contributed by atoms with Crippen LogP contribution in [-0.4, -0.2) is 44.4 Å². The number of fused-ring (bicyclic) bond motifs is 1. The summed E-state index contributed by atoms with van der Waals surface area (Å²) < 4.78 is 6.38. The second-order valence-electron chi connectivity index (χ2n) is 7.20. The predicted molar refractivity (Wildman–Crippen MR) is 103 cm³/mol. The number of rotatable bonds is 8. The van der Waals surface area contributed by atoms with Crippen LogP contribution in [0.3, 0.4) is 0 Å². The Kier molecular flexibility index (Phi) is 6.90. The van der Waals surface area contributed by atoms with Crippen LogP contribution in [0, 0.1) is 19.8 Å². The van der Waals surface area contributed by atoms with E-state index in [1.54, 1.807) is 26.0 Å². The molecule has 8 heteroatoms. The third-order valence-electron chi connectivity index (χ3n) is 4.62. The summed E-state index contributed by atoms with van der Waals surface area (Å²) in [6.07, 6.45) is -0.348. The van der Waals surface area contributed by atoms with Crippen molar-refractivity contribution in [3.8, 4) is 0 Å². The maximum Gasteiger partial charge on any atom is 0.360 e. The summed E-state index contributed by atoms with van der Waals surface area (Å²) in [5, 5.41) is 19.5. The van der Waals surface area contributed by atoms with Crippen LogP contribution in [0.15, 0.2) is 16.9 Å². The van der Waals surface area contributed by atoms with Gasteiger partial charge in [-0.25, -0.2) is 9.78 Å². The first-order valence-corrected chi connectivity index (χ1v) is 9.21. The zero-order chi connectivity index (χ0) is 21.0. The van der Waals surface area contributed by atoms with E-state index in [-0.39, 0.29) is 37.9 Å². The molecular formula is C20H26N2O6. The molecule has 0 bridgehead atoms. The van der Waals surface area contributed by atoms with Crippen molar-refractivity contribution < 1.29 is 24.5 Å². The van der Waals surface area contributed by atoms with Crippen LogP contribution in [0.25, 0.3) is 11.0 Å². The molecule has 0 saturated heterocycles. The maximum atomic E-state index is 12.6. The van der Waals surface area contributed by atoms with Crippen molar-refractivity contribution in [1.29, 1.82) is 0 Å². The second-order valence-corrected chi connectivity index (χ2v) is 7.20. The molecule has 1 aromatic heterocycles. The minimum atomic E-state index is -1.39.